The summed E-state index contributed by atoms with van der Waals surface area (Å²) >= 11 is 0. The third-order valence-electron chi connectivity index (χ3n) is 6.79. The number of carbonyl (C=O) groups excluding carboxylic acids is 1. The minimum atomic E-state index is -0.121. The second kappa shape index (κ2) is 11.6. The first kappa shape index (κ1) is 23.7. The van der Waals surface area contributed by atoms with Crippen LogP contribution < -0.4 is 4.74 Å². The Labute approximate surface area is 196 Å². The minimum Gasteiger partial charge on any atom is -0.496 e. The van der Waals surface area contributed by atoms with Gasteiger partial charge in [0.05, 0.1) is 13.7 Å². The molecule has 4 rings (SSSR count). The molecule has 0 atom stereocenters. The normalized spacial score (nSPS) is 18.4. The number of carbonyl (C=O) groups is 1. The van der Waals surface area contributed by atoms with Crippen molar-refractivity contribution in [1.29, 1.82) is 0 Å². The van der Waals surface area contributed by atoms with E-state index in [1.807, 2.05) is 35.2 Å². The lowest BCUT2D eigenvalue weighted by molar-refractivity contribution is -0.134. The highest BCUT2D eigenvalue weighted by Gasteiger charge is 2.25. The predicted octanol–water partition coefficient (Wildman–Crippen LogP) is 2.34. The monoisotopic (exact) mass is 454 g/mol. The van der Waals surface area contributed by atoms with Gasteiger partial charge < -0.3 is 14.5 Å². The van der Waals surface area contributed by atoms with Crippen molar-refractivity contribution in [3.8, 4) is 5.75 Å². The second-order valence-corrected chi connectivity index (χ2v) is 8.93. The second-order valence-electron chi connectivity index (χ2n) is 8.93. The molecule has 178 valence electrons. The third-order valence-corrected chi connectivity index (χ3v) is 6.79. The highest BCUT2D eigenvalue weighted by molar-refractivity contribution is 5.78. The van der Waals surface area contributed by atoms with Crippen LogP contribution in [0, 0.1) is 5.82 Å². The number of hydrogen-bond acceptors (Lipinski definition) is 5. The van der Waals surface area contributed by atoms with Crippen molar-refractivity contribution in [2.45, 2.75) is 13.0 Å². The molecule has 1 amide bonds. The van der Waals surface area contributed by atoms with Crippen molar-refractivity contribution in [3.63, 3.8) is 0 Å². The Morgan fingerprint density at radius 1 is 0.818 bits per heavy atom. The van der Waals surface area contributed by atoms with Crippen LogP contribution in [-0.2, 0) is 17.8 Å². The van der Waals surface area contributed by atoms with Gasteiger partial charge >= 0.3 is 0 Å². The van der Waals surface area contributed by atoms with Crippen LogP contribution >= 0.6 is 0 Å². The van der Waals surface area contributed by atoms with Gasteiger partial charge in [-0.25, -0.2) is 4.39 Å². The molecule has 0 aromatic heterocycles. The number of piperazine rings is 2. The molecule has 2 saturated heterocycles. The van der Waals surface area contributed by atoms with Crippen LogP contribution in [0.4, 0.5) is 4.39 Å². The predicted molar refractivity (Wildman–Crippen MR) is 128 cm³/mol. The summed E-state index contributed by atoms with van der Waals surface area (Å²) in [6.07, 6.45) is 0.727. The lowest BCUT2D eigenvalue weighted by atomic mass is 10.1. The number of para-hydroxylation sites is 1. The van der Waals surface area contributed by atoms with Gasteiger partial charge in [0, 0.05) is 71.0 Å². The van der Waals surface area contributed by atoms with E-state index in [4.69, 9.17) is 4.74 Å². The van der Waals surface area contributed by atoms with Gasteiger partial charge in [-0.15, -0.1) is 0 Å². The highest BCUT2D eigenvalue weighted by Crippen LogP contribution is 2.20. The molecule has 0 spiro atoms. The Bertz CT molecular complexity index is 909. The zero-order valence-electron chi connectivity index (χ0n) is 19.6. The molecular formula is C26H35FN4O2. The molecule has 2 aromatic rings. The molecule has 7 heteroatoms. The molecule has 33 heavy (non-hydrogen) atoms. The first-order chi connectivity index (χ1) is 16.1. The minimum absolute atomic E-state index is 0.121. The van der Waals surface area contributed by atoms with E-state index in [1.165, 1.54) is 11.6 Å². The van der Waals surface area contributed by atoms with E-state index in [2.05, 4.69) is 20.8 Å². The van der Waals surface area contributed by atoms with E-state index in [0.29, 0.717) is 6.54 Å². The number of methoxy groups -OCH3 is 1. The van der Waals surface area contributed by atoms with Gasteiger partial charge in [0.2, 0.25) is 5.91 Å². The summed E-state index contributed by atoms with van der Waals surface area (Å²) in [5, 5.41) is 0. The average molecular weight is 455 g/mol. The van der Waals surface area contributed by atoms with Crippen LogP contribution in [0.15, 0.2) is 48.5 Å². The van der Waals surface area contributed by atoms with Crippen LogP contribution in [-0.4, -0.2) is 98.1 Å². The molecule has 2 aromatic carbocycles. The number of ether oxygens (including phenoxy) is 1. The standard InChI is InChI=1S/C26H35FN4O2/c1-33-25-9-5-3-7-23(25)20-29-16-18-31(19-17-29)26(32)21-30-14-12-28(13-15-30)11-10-22-6-2-4-8-24(22)27/h2-9H,10-21H2,1H3. The number of halogens is 1. The Morgan fingerprint density at radius 3 is 2.12 bits per heavy atom. The fourth-order valence-electron chi connectivity index (χ4n) is 4.67. The Kier molecular flexibility index (Phi) is 8.31. The number of rotatable bonds is 8. The zero-order valence-corrected chi connectivity index (χ0v) is 19.6. The Morgan fingerprint density at radius 2 is 1.42 bits per heavy atom. The van der Waals surface area contributed by atoms with Gasteiger partial charge in [0.15, 0.2) is 0 Å². The molecule has 6 nitrogen and oxygen atoms in total. The van der Waals surface area contributed by atoms with Gasteiger partial charge in [-0.3, -0.25) is 14.6 Å². The number of hydrogen-bond donors (Lipinski definition) is 0. The SMILES string of the molecule is COc1ccccc1CN1CCN(C(=O)CN2CCN(CCc3ccccc3F)CC2)CC1. The van der Waals surface area contributed by atoms with Crippen molar-refractivity contribution >= 4 is 5.91 Å². The Balaban J connectivity index is 1.15. The molecular weight excluding hydrogens is 419 g/mol. The first-order valence-electron chi connectivity index (χ1n) is 11.9. The van der Waals surface area contributed by atoms with Gasteiger partial charge in [-0.05, 0) is 24.1 Å². The van der Waals surface area contributed by atoms with Crippen molar-refractivity contribution in [2.75, 3.05) is 72.6 Å². The molecule has 2 fully saturated rings. The smallest absolute Gasteiger partial charge is 0.236 e. The summed E-state index contributed by atoms with van der Waals surface area (Å²) in [4.78, 5) is 21.9. The zero-order chi connectivity index (χ0) is 23.0. The maximum atomic E-state index is 13.8. The lowest BCUT2D eigenvalue weighted by Crippen LogP contribution is -2.53. The van der Waals surface area contributed by atoms with Crippen LogP contribution in [0.2, 0.25) is 0 Å². The molecule has 0 unspecified atom stereocenters. The van der Waals surface area contributed by atoms with E-state index in [0.717, 1.165) is 83.2 Å². The van der Waals surface area contributed by atoms with Gasteiger partial charge in [0.1, 0.15) is 11.6 Å². The lowest BCUT2D eigenvalue weighted by Gasteiger charge is -2.38. The van der Waals surface area contributed by atoms with Gasteiger partial charge in [0.25, 0.3) is 0 Å². The summed E-state index contributed by atoms with van der Waals surface area (Å²) in [6, 6.07) is 15.1. The third kappa shape index (κ3) is 6.53. The summed E-state index contributed by atoms with van der Waals surface area (Å²) in [5.74, 6) is 1.03. The van der Waals surface area contributed by atoms with E-state index in [-0.39, 0.29) is 11.7 Å². The van der Waals surface area contributed by atoms with Crippen LogP contribution in [0.3, 0.4) is 0 Å². The quantitative estimate of drug-likeness (QED) is 0.612. The van der Waals surface area contributed by atoms with E-state index in [9.17, 15) is 9.18 Å². The molecule has 0 N–H and O–H groups in total. The van der Waals surface area contributed by atoms with Gasteiger partial charge in [-0.1, -0.05) is 36.4 Å². The maximum absolute atomic E-state index is 13.8. The van der Waals surface area contributed by atoms with Gasteiger partial charge in [-0.2, -0.15) is 0 Å². The molecule has 0 saturated carbocycles. The number of nitrogens with zero attached hydrogens (tertiary/aromatic N) is 4. The molecule has 0 radical (unpaired) electrons. The average Bonchev–Trinajstić information content (AvgIpc) is 2.85. The summed E-state index contributed by atoms with van der Waals surface area (Å²) in [6.45, 7) is 9.14. The largest absolute Gasteiger partial charge is 0.496 e. The van der Waals surface area contributed by atoms with Crippen LogP contribution in [0.25, 0.3) is 0 Å². The van der Waals surface area contributed by atoms with Crippen LogP contribution in [0.5, 0.6) is 5.75 Å². The highest BCUT2D eigenvalue weighted by atomic mass is 19.1. The van der Waals surface area contributed by atoms with Crippen LogP contribution in [0.1, 0.15) is 11.1 Å². The summed E-state index contributed by atoms with van der Waals surface area (Å²) in [5.41, 5.74) is 1.97. The molecule has 2 aliphatic heterocycles. The summed E-state index contributed by atoms with van der Waals surface area (Å²) in [7, 11) is 1.71. The van der Waals surface area contributed by atoms with Crippen molar-refractivity contribution in [1.82, 2.24) is 19.6 Å². The topological polar surface area (TPSA) is 39.3 Å². The number of amides is 1. The van der Waals surface area contributed by atoms with E-state index < -0.39 is 0 Å². The molecule has 2 heterocycles. The van der Waals surface area contributed by atoms with Crippen molar-refractivity contribution in [3.05, 3.63) is 65.5 Å². The molecule has 2 aliphatic rings. The fraction of sp³-hybridized carbons (Fsp3) is 0.500. The first-order valence-corrected chi connectivity index (χ1v) is 11.9. The van der Waals surface area contributed by atoms with Crippen molar-refractivity contribution in [2.24, 2.45) is 0 Å². The fourth-order valence-corrected chi connectivity index (χ4v) is 4.67. The number of benzene rings is 2. The van der Waals surface area contributed by atoms with E-state index >= 15 is 0 Å². The van der Waals surface area contributed by atoms with E-state index in [1.54, 1.807) is 13.2 Å². The summed E-state index contributed by atoms with van der Waals surface area (Å²) < 4.78 is 19.3. The Hall–Kier alpha value is -2.48. The van der Waals surface area contributed by atoms with Crippen molar-refractivity contribution < 1.29 is 13.9 Å². The molecule has 0 aliphatic carbocycles. The maximum Gasteiger partial charge on any atom is 0.236 e. The molecule has 0 bridgehead atoms.